The molecule has 0 fully saturated rings. The molecule has 0 bridgehead atoms. The normalized spacial score (nSPS) is 13.9. The molecule has 0 saturated heterocycles. The van der Waals surface area contributed by atoms with Gasteiger partial charge in [-0.05, 0) is 30.8 Å². The molecule has 0 aliphatic carbocycles. The fraction of sp³-hybridized carbons (Fsp3) is 0.368. The Balaban J connectivity index is 2.31. The Kier molecular flexibility index (Phi) is 5.10. The maximum atomic E-state index is 6.61. The summed E-state index contributed by atoms with van der Waals surface area (Å²) in [5.74, 6) is 0. The zero-order valence-corrected chi connectivity index (χ0v) is 16.7. The van der Waals surface area contributed by atoms with Crippen molar-refractivity contribution >= 4 is 26.8 Å². The van der Waals surface area contributed by atoms with Gasteiger partial charge in [-0.1, -0.05) is 79.4 Å². The second kappa shape index (κ2) is 6.53. The van der Waals surface area contributed by atoms with Gasteiger partial charge < -0.3 is 4.43 Å². The Bertz CT molecular complexity index is 615. The summed E-state index contributed by atoms with van der Waals surface area (Å²) in [6, 6.07) is 19.5. The topological polar surface area (TPSA) is 9.23 Å². The Labute approximate surface area is 137 Å². The summed E-state index contributed by atoms with van der Waals surface area (Å²) in [5, 5.41) is 3.02. The van der Waals surface area contributed by atoms with Crippen molar-refractivity contribution in [2.75, 3.05) is 0 Å². The van der Waals surface area contributed by atoms with Gasteiger partial charge in [0.25, 0.3) is 0 Å². The van der Waals surface area contributed by atoms with Gasteiger partial charge in [0.05, 0.1) is 14.2 Å². The number of hydrogen-bond donors (Lipinski definition) is 0. The predicted molar refractivity (Wildman–Crippen MR) is 102 cm³/mol. The molecule has 2 rings (SSSR count). The second-order valence-electron chi connectivity index (χ2n) is 7.48. The highest BCUT2D eigenvalue weighted by Crippen LogP contribution is 2.21. The molecule has 22 heavy (non-hydrogen) atoms. The summed E-state index contributed by atoms with van der Waals surface area (Å²) in [6.07, 6.45) is 0.137. The Morgan fingerprint density at radius 1 is 0.727 bits per heavy atom. The van der Waals surface area contributed by atoms with Crippen LogP contribution in [-0.4, -0.2) is 16.4 Å². The number of benzene rings is 2. The first-order valence-electron chi connectivity index (χ1n) is 8.04. The lowest BCUT2D eigenvalue weighted by molar-refractivity contribution is 0.222. The molecule has 1 nitrogen and oxygen atoms in total. The van der Waals surface area contributed by atoms with Crippen molar-refractivity contribution in [3.8, 4) is 0 Å². The van der Waals surface area contributed by atoms with Crippen LogP contribution in [0.3, 0.4) is 0 Å². The van der Waals surface area contributed by atoms with Crippen LogP contribution in [0.2, 0.25) is 32.7 Å². The van der Waals surface area contributed by atoms with E-state index in [0.29, 0.717) is 0 Å². The first-order chi connectivity index (χ1) is 10.2. The molecule has 0 spiro atoms. The van der Waals surface area contributed by atoms with Crippen molar-refractivity contribution in [2.24, 2.45) is 0 Å². The summed E-state index contributed by atoms with van der Waals surface area (Å²) in [4.78, 5) is 0. The van der Waals surface area contributed by atoms with Crippen molar-refractivity contribution in [1.82, 2.24) is 0 Å². The van der Waals surface area contributed by atoms with Gasteiger partial charge in [-0.3, -0.25) is 0 Å². The van der Waals surface area contributed by atoms with E-state index in [1.165, 1.54) is 10.8 Å². The van der Waals surface area contributed by atoms with E-state index in [2.05, 4.69) is 94.3 Å². The third kappa shape index (κ3) is 3.97. The van der Waals surface area contributed by atoms with Gasteiger partial charge in [-0.15, -0.1) is 0 Å². The lowest BCUT2D eigenvalue weighted by Gasteiger charge is -2.32. The van der Waals surface area contributed by atoms with Crippen molar-refractivity contribution < 1.29 is 4.43 Å². The van der Waals surface area contributed by atoms with Gasteiger partial charge in [-0.2, -0.15) is 0 Å². The molecule has 0 aliphatic rings. The van der Waals surface area contributed by atoms with Crippen molar-refractivity contribution in [3.63, 3.8) is 0 Å². The highest BCUT2D eigenvalue weighted by molar-refractivity contribution is 6.96. The first-order valence-corrected chi connectivity index (χ1v) is 14.5. The molecule has 118 valence electrons. The van der Waals surface area contributed by atoms with Gasteiger partial charge in [0.1, 0.15) is 0 Å². The van der Waals surface area contributed by atoms with Crippen LogP contribution in [0.5, 0.6) is 0 Å². The van der Waals surface area contributed by atoms with Crippen molar-refractivity contribution in [2.45, 2.75) is 45.8 Å². The molecule has 0 aromatic heterocycles. The maximum absolute atomic E-state index is 6.61. The highest BCUT2D eigenvalue weighted by Gasteiger charge is 2.33. The lowest BCUT2D eigenvalue weighted by atomic mass is 10.1. The SMILES string of the molecule is CC(O[Si](C)(C)c1ccccc1[Si](C)(C)C)c1ccccc1. The van der Waals surface area contributed by atoms with Crippen LogP contribution in [0.4, 0.5) is 0 Å². The molecule has 0 N–H and O–H groups in total. The average Bonchev–Trinajstić information content (AvgIpc) is 2.47. The molecular weight excluding hydrogens is 300 g/mol. The van der Waals surface area contributed by atoms with Gasteiger partial charge in [0.15, 0.2) is 0 Å². The molecule has 3 heteroatoms. The molecule has 0 radical (unpaired) electrons. The summed E-state index contributed by atoms with van der Waals surface area (Å²) in [5.41, 5.74) is 1.26. The van der Waals surface area contributed by atoms with Crippen LogP contribution in [0.15, 0.2) is 54.6 Å². The smallest absolute Gasteiger partial charge is 0.218 e. The molecule has 0 heterocycles. The molecule has 2 aromatic rings. The van der Waals surface area contributed by atoms with E-state index >= 15 is 0 Å². The third-order valence-electron chi connectivity index (χ3n) is 4.12. The monoisotopic (exact) mass is 328 g/mol. The summed E-state index contributed by atoms with van der Waals surface area (Å²) < 4.78 is 6.61. The Morgan fingerprint density at radius 3 is 1.77 bits per heavy atom. The van der Waals surface area contributed by atoms with Gasteiger partial charge in [0.2, 0.25) is 8.32 Å². The van der Waals surface area contributed by atoms with E-state index in [1.807, 2.05) is 0 Å². The van der Waals surface area contributed by atoms with E-state index < -0.39 is 16.4 Å². The first kappa shape index (κ1) is 17.2. The molecule has 1 unspecified atom stereocenters. The Hall–Kier alpha value is -1.17. The minimum atomic E-state index is -1.94. The molecule has 0 aliphatic heterocycles. The molecular formula is C19H28OSi2. The molecule has 1 atom stereocenters. The second-order valence-corrected chi connectivity index (χ2v) is 16.3. The Morgan fingerprint density at radius 2 is 1.23 bits per heavy atom. The fourth-order valence-electron chi connectivity index (χ4n) is 2.96. The van der Waals surface area contributed by atoms with E-state index in [4.69, 9.17) is 4.43 Å². The number of rotatable bonds is 5. The summed E-state index contributed by atoms with van der Waals surface area (Å²) in [7, 11) is -3.31. The largest absolute Gasteiger partial charge is 0.406 e. The van der Waals surface area contributed by atoms with Crippen LogP contribution in [0, 0.1) is 0 Å². The predicted octanol–water partition coefficient (Wildman–Crippen LogP) is 4.42. The van der Waals surface area contributed by atoms with Crippen molar-refractivity contribution in [3.05, 3.63) is 60.2 Å². The van der Waals surface area contributed by atoms with Gasteiger partial charge in [0, 0.05) is 0 Å². The fourth-order valence-corrected chi connectivity index (χ4v) is 8.85. The molecule has 0 amide bonds. The van der Waals surface area contributed by atoms with E-state index in [0.717, 1.165) is 0 Å². The van der Waals surface area contributed by atoms with E-state index in [1.54, 1.807) is 5.19 Å². The van der Waals surface area contributed by atoms with E-state index in [-0.39, 0.29) is 6.10 Å². The minimum absolute atomic E-state index is 0.137. The average molecular weight is 329 g/mol. The minimum Gasteiger partial charge on any atom is -0.406 e. The maximum Gasteiger partial charge on any atom is 0.218 e. The zero-order valence-electron chi connectivity index (χ0n) is 14.7. The van der Waals surface area contributed by atoms with Crippen LogP contribution in [0.1, 0.15) is 18.6 Å². The van der Waals surface area contributed by atoms with Gasteiger partial charge in [-0.25, -0.2) is 0 Å². The quantitative estimate of drug-likeness (QED) is 0.738. The van der Waals surface area contributed by atoms with E-state index in [9.17, 15) is 0 Å². The van der Waals surface area contributed by atoms with Gasteiger partial charge >= 0.3 is 0 Å². The standard InChI is InChI=1S/C19H28OSi2/c1-16(17-12-8-7-9-13-17)20-22(5,6)19-15-11-10-14-18(19)21(2,3)4/h7-16H,1-6H3. The summed E-state index contributed by atoms with van der Waals surface area (Å²) >= 11 is 0. The highest BCUT2D eigenvalue weighted by atomic mass is 28.4. The zero-order chi connectivity index (χ0) is 16.4. The van der Waals surface area contributed by atoms with Crippen LogP contribution in [-0.2, 0) is 4.43 Å². The third-order valence-corrected chi connectivity index (χ3v) is 9.10. The van der Waals surface area contributed by atoms with Crippen molar-refractivity contribution in [1.29, 1.82) is 0 Å². The van der Waals surface area contributed by atoms with Crippen LogP contribution in [0.25, 0.3) is 0 Å². The molecule has 2 aromatic carbocycles. The van der Waals surface area contributed by atoms with Crippen LogP contribution >= 0.6 is 0 Å². The molecule has 0 saturated carbocycles. The lowest BCUT2D eigenvalue weighted by Crippen LogP contribution is -2.59. The number of hydrogen-bond acceptors (Lipinski definition) is 1. The summed E-state index contributed by atoms with van der Waals surface area (Å²) in [6.45, 7) is 14.1. The van der Waals surface area contributed by atoms with Crippen LogP contribution < -0.4 is 10.4 Å².